The summed E-state index contributed by atoms with van der Waals surface area (Å²) in [6, 6.07) is 8.85. The van der Waals surface area contributed by atoms with Crippen molar-refractivity contribution in [3.8, 4) is 0 Å². The molecule has 0 atom stereocenters. The Morgan fingerprint density at radius 1 is 1.23 bits per heavy atom. The zero-order valence-corrected chi connectivity index (χ0v) is 11.4. The van der Waals surface area contributed by atoms with E-state index in [-0.39, 0.29) is 46.0 Å². The van der Waals surface area contributed by atoms with E-state index in [1.54, 1.807) is 0 Å². The molecule has 1 heteroatoms. The molecular weight excluding hydrogens is 184 g/mol. The van der Waals surface area contributed by atoms with Gasteiger partial charge in [0, 0.05) is 0 Å². The third-order valence-corrected chi connectivity index (χ3v) is 2.20. The number of aryl methyl sites for hydroxylation is 1. The van der Waals surface area contributed by atoms with Crippen LogP contribution >= 0.6 is 0 Å². The minimum atomic E-state index is 0. The zero-order valence-electron chi connectivity index (χ0n) is 11.2. The number of rotatable bonds is 1. The van der Waals surface area contributed by atoms with Gasteiger partial charge in [-0.05, 0) is 23.0 Å². The summed E-state index contributed by atoms with van der Waals surface area (Å²) in [5.74, 6) is 0. The van der Waals surface area contributed by atoms with Crippen molar-refractivity contribution in [1.82, 2.24) is 0 Å². The zero-order chi connectivity index (χ0) is 9.19. The molecule has 0 bridgehead atoms. The van der Waals surface area contributed by atoms with Crippen LogP contribution in [0.15, 0.2) is 24.3 Å². The quantitative estimate of drug-likeness (QED) is 0.615. The van der Waals surface area contributed by atoms with Crippen LogP contribution < -0.4 is 0 Å². The molecule has 0 radical (unpaired) electrons. The smallest absolute Gasteiger partial charge is 1.00 e. The van der Waals surface area contributed by atoms with Crippen LogP contribution in [0.5, 0.6) is 0 Å². The maximum absolute atomic E-state index is 2.31. The third kappa shape index (κ3) is 4.01. The molecule has 0 aromatic heterocycles. The van der Waals surface area contributed by atoms with E-state index in [1.165, 1.54) is 11.1 Å². The third-order valence-electron chi connectivity index (χ3n) is 2.20. The van der Waals surface area contributed by atoms with Gasteiger partial charge in [-0.25, -0.2) is 0 Å². The van der Waals surface area contributed by atoms with Crippen molar-refractivity contribution in [1.29, 1.82) is 0 Å². The molecule has 0 N–H and O–H groups in total. The summed E-state index contributed by atoms with van der Waals surface area (Å²) in [5, 5.41) is 0. The maximum atomic E-state index is 2.31. The van der Waals surface area contributed by atoms with E-state index in [2.05, 4.69) is 52.0 Å². The Labute approximate surface area is 115 Å². The average Bonchev–Trinajstić information content (AvgIpc) is 2.03. The van der Waals surface area contributed by atoms with Gasteiger partial charge in [0.05, 0.1) is 0 Å². The predicted octanol–water partition coefficient (Wildman–Crippen LogP) is 3.39. The molecule has 0 nitrogen and oxygen atoms in total. The molecule has 0 saturated carbocycles. The van der Waals surface area contributed by atoms with Crippen LogP contribution in [-0.4, -0.2) is 37.7 Å². The fourth-order valence-corrected chi connectivity index (χ4v) is 1.26. The second-order valence-electron chi connectivity index (χ2n) is 4.30. The molecule has 0 aliphatic carbocycles. The van der Waals surface area contributed by atoms with Crippen LogP contribution in [0.3, 0.4) is 0 Å². The van der Waals surface area contributed by atoms with E-state index in [9.17, 15) is 0 Å². The SMILES string of the molecule is CCc1cccc(C(C)(C)C)c1.[Ca+2].[H-].[H-]. The number of hydrogen-bond donors (Lipinski definition) is 0. The number of hydrogen-bond acceptors (Lipinski definition) is 0. The van der Waals surface area contributed by atoms with Gasteiger partial charge < -0.3 is 2.85 Å². The van der Waals surface area contributed by atoms with Crippen LogP contribution in [0.2, 0.25) is 0 Å². The summed E-state index contributed by atoms with van der Waals surface area (Å²) >= 11 is 0. The summed E-state index contributed by atoms with van der Waals surface area (Å²) in [7, 11) is 0. The topological polar surface area (TPSA) is 0 Å². The van der Waals surface area contributed by atoms with Gasteiger partial charge in [0.1, 0.15) is 0 Å². The summed E-state index contributed by atoms with van der Waals surface area (Å²) in [6.45, 7) is 8.95. The Morgan fingerprint density at radius 3 is 2.31 bits per heavy atom. The molecule has 1 aromatic carbocycles. The van der Waals surface area contributed by atoms with Crippen molar-refractivity contribution >= 4 is 37.7 Å². The van der Waals surface area contributed by atoms with Crippen LogP contribution in [-0.2, 0) is 11.8 Å². The van der Waals surface area contributed by atoms with E-state index < -0.39 is 0 Å². The minimum Gasteiger partial charge on any atom is -1.00 e. The first-order valence-electron chi connectivity index (χ1n) is 4.63. The first-order chi connectivity index (χ1) is 5.54. The Kier molecular flexibility index (Phi) is 5.58. The molecular formula is C12H20Ca. The van der Waals surface area contributed by atoms with Crippen LogP contribution in [0, 0.1) is 0 Å². The van der Waals surface area contributed by atoms with Gasteiger partial charge in [-0.15, -0.1) is 0 Å². The van der Waals surface area contributed by atoms with Crippen molar-refractivity contribution in [2.24, 2.45) is 0 Å². The Hall–Kier alpha value is 0.480. The molecule has 1 aromatic rings. The summed E-state index contributed by atoms with van der Waals surface area (Å²) < 4.78 is 0. The largest absolute Gasteiger partial charge is 2.00 e. The van der Waals surface area contributed by atoms with Gasteiger partial charge >= 0.3 is 37.7 Å². The molecule has 0 fully saturated rings. The molecule has 0 aliphatic heterocycles. The van der Waals surface area contributed by atoms with Crippen molar-refractivity contribution in [3.63, 3.8) is 0 Å². The van der Waals surface area contributed by atoms with E-state index in [1.807, 2.05) is 0 Å². The van der Waals surface area contributed by atoms with Crippen molar-refractivity contribution in [3.05, 3.63) is 35.4 Å². The van der Waals surface area contributed by atoms with E-state index >= 15 is 0 Å². The summed E-state index contributed by atoms with van der Waals surface area (Å²) in [6.07, 6.45) is 1.13. The maximum Gasteiger partial charge on any atom is 2.00 e. The molecule has 70 valence electrons. The van der Waals surface area contributed by atoms with Crippen LogP contribution in [0.4, 0.5) is 0 Å². The standard InChI is InChI=1S/C12H18.Ca.2H/c1-5-10-7-6-8-11(9-10)12(2,3)4;;;/h6-9H,5H2,1-4H3;;;/q;+2;2*-1. The molecule has 0 heterocycles. The summed E-state index contributed by atoms with van der Waals surface area (Å²) in [5.41, 5.74) is 3.15. The van der Waals surface area contributed by atoms with E-state index in [4.69, 9.17) is 0 Å². The first kappa shape index (κ1) is 13.5. The molecule has 0 saturated heterocycles. The van der Waals surface area contributed by atoms with Crippen molar-refractivity contribution in [2.75, 3.05) is 0 Å². The Morgan fingerprint density at radius 2 is 1.85 bits per heavy atom. The molecule has 0 amide bonds. The van der Waals surface area contributed by atoms with Gasteiger partial charge in [-0.3, -0.25) is 0 Å². The second-order valence-corrected chi connectivity index (χ2v) is 4.30. The van der Waals surface area contributed by atoms with Crippen LogP contribution in [0.1, 0.15) is 41.7 Å². The molecule has 0 unspecified atom stereocenters. The van der Waals surface area contributed by atoms with Gasteiger partial charge in [0.15, 0.2) is 0 Å². The normalized spacial score (nSPS) is 10.8. The van der Waals surface area contributed by atoms with Crippen molar-refractivity contribution in [2.45, 2.75) is 39.5 Å². The van der Waals surface area contributed by atoms with Crippen molar-refractivity contribution < 1.29 is 2.85 Å². The van der Waals surface area contributed by atoms with Gasteiger partial charge in [0.2, 0.25) is 0 Å². The fraction of sp³-hybridized carbons (Fsp3) is 0.500. The molecule has 0 aliphatic rings. The Balaban J connectivity index is -0.000000480. The fourth-order valence-electron chi connectivity index (χ4n) is 1.26. The van der Waals surface area contributed by atoms with Gasteiger partial charge in [0.25, 0.3) is 0 Å². The Bertz CT molecular complexity index is 267. The van der Waals surface area contributed by atoms with Gasteiger partial charge in [-0.2, -0.15) is 0 Å². The average molecular weight is 204 g/mol. The van der Waals surface area contributed by atoms with Crippen LogP contribution in [0.25, 0.3) is 0 Å². The van der Waals surface area contributed by atoms with Gasteiger partial charge in [-0.1, -0.05) is 52.0 Å². The van der Waals surface area contributed by atoms with E-state index in [0.29, 0.717) is 0 Å². The monoisotopic (exact) mass is 204 g/mol. The first-order valence-corrected chi connectivity index (χ1v) is 4.63. The van der Waals surface area contributed by atoms with E-state index in [0.717, 1.165) is 6.42 Å². The molecule has 1 rings (SSSR count). The summed E-state index contributed by atoms with van der Waals surface area (Å²) in [4.78, 5) is 0. The minimum absolute atomic E-state index is 0. The predicted molar refractivity (Wildman–Crippen MR) is 62.5 cm³/mol. The molecule has 0 spiro atoms. The molecule has 13 heavy (non-hydrogen) atoms. The number of benzene rings is 1. The second kappa shape index (κ2) is 5.38.